The van der Waals surface area contributed by atoms with Crippen LogP contribution >= 0.6 is 15.9 Å². The summed E-state index contributed by atoms with van der Waals surface area (Å²) in [6.45, 7) is 1.70. The number of halogens is 1. The van der Waals surface area contributed by atoms with Crippen molar-refractivity contribution in [1.82, 2.24) is 10.6 Å². The van der Waals surface area contributed by atoms with Gasteiger partial charge < -0.3 is 15.1 Å². The second-order valence-electron chi connectivity index (χ2n) is 5.94. The Morgan fingerprint density at radius 3 is 2.70 bits per heavy atom. The number of hydrogen-bond donors (Lipinski definition) is 2. The van der Waals surface area contributed by atoms with E-state index in [1.807, 2.05) is 12.1 Å². The molecular formula is C18H22BrN3O. The quantitative estimate of drug-likeness (QED) is 0.600. The third kappa shape index (κ3) is 3.96. The van der Waals surface area contributed by atoms with E-state index in [9.17, 15) is 0 Å². The van der Waals surface area contributed by atoms with Gasteiger partial charge in [0.05, 0.1) is 6.26 Å². The minimum atomic E-state index is 0.235. The van der Waals surface area contributed by atoms with E-state index in [1.54, 1.807) is 13.3 Å². The summed E-state index contributed by atoms with van der Waals surface area (Å²) in [5, 5.41) is 6.81. The van der Waals surface area contributed by atoms with Crippen molar-refractivity contribution in [1.29, 1.82) is 0 Å². The Balaban J connectivity index is 1.51. The number of benzene rings is 1. The molecule has 1 saturated carbocycles. The molecule has 1 aliphatic rings. The molecule has 0 saturated heterocycles. The first-order valence-corrected chi connectivity index (χ1v) is 8.75. The highest BCUT2D eigenvalue weighted by molar-refractivity contribution is 9.10. The molecule has 0 radical (unpaired) electrons. The lowest BCUT2D eigenvalue weighted by Gasteiger charge is -2.20. The van der Waals surface area contributed by atoms with Crippen LogP contribution in [0, 0.1) is 0 Å². The van der Waals surface area contributed by atoms with Gasteiger partial charge in [-0.15, -0.1) is 0 Å². The molecule has 2 aromatic rings. The number of nitrogens with one attached hydrogen (secondary N) is 2. The molecule has 1 aromatic carbocycles. The Labute approximate surface area is 145 Å². The van der Waals surface area contributed by atoms with Crippen LogP contribution in [0.5, 0.6) is 0 Å². The van der Waals surface area contributed by atoms with E-state index >= 15 is 0 Å². The zero-order valence-corrected chi connectivity index (χ0v) is 14.9. The smallest absolute Gasteiger partial charge is 0.191 e. The monoisotopic (exact) mass is 375 g/mol. The molecule has 23 heavy (non-hydrogen) atoms. The summed E-state index contributed by atoms with van der Waals surface area (Å²) in [6.07, 6.45) is 4.98. The summed E-state index contributed by atoms with van der Waals surface area (Å²) in [5.41, 5.74) is 1.62. The van der Waals surface area contributed by atoms with E-state index < -0.39 is 0 Å². The van der Waals surface area contributed by atoms with Crippen LogP contribution in [0.25, 0.3) is 0 Å². The highest BCUT2D eigenvalue weighted by Gasteiger charge is 2.45. The number of aliphatic imine (C=N–C) groups is 1. The molecule has 0 amide bonds. The van der Waals surface area contributed by atoms with Gasteiger partial charge in [0, 0.05) is 36.4 Å². The predicted molar refractivity (Wildman–Crippen MR) is 96.8 cm³/mol. The molecule has 2 N–H and O–H groups in total. The van der Waals surface area contributed by atoms with Crippen LogP contribution in [-0.4, -0.2) is 26.1 Å². The first-order valence-electron chi connectivity index (χ1n) is 7.95. The minimum Gasteiger partial charge on any atom is -0.469 e. The summed E-state index contributed by atoms with van der Waals surface area (Å²) in [5.74, 6) is 1.83. The SMILES string of the molecule is CN=C(NCCc1ccco1)NCC1(c2ccccc2Br)CC1. The Morgan fingerprint density at radius 1 is 1.22 bits per heavy atom. The van der Waals surface area contributed by atoms with Crippen LogP contribution in [0.2, 0.25) is 0 Å². The molecule has 1 fully saturated rings. The first-order chi connectivity index (χ1) is 11.2. The minimum absolute atomic E-state index is 0.235. The van der Waals surface area contributed by atoms with Gasteiger partial charge >= 0.3 is 0 Å². The summed E-state index contributed by atoms with van der Waals surface area (Å²) in [4.78, 5) is 4.31. The zero-order valence-electron chi connectivity index (χ0n) is 13.3. The van der Waals surface area contributed by atoms with Gasteiger partial charge in [-0.25, -0.2) is 0 Å². The van der Waals surface area contributed by atoms with Gasteiger partial charge in [0.1, 0.15) is 5.76 Å². The topological polar surface area (TPSA) is 49.6 Å². The molecule has 0 spiro atoms. The summed E-state index contributed by atoms with van der Waals surface area (Å²) in [6, 6.07) is 12.4. The third-order valence-electron chi connectivity index (χ3n) is 4.36. The predicted octanol–water partition coefficient (Wildman–Crippen LogP) is 3.48. The fourth-order valence-corrected chi connectivity index (χ4v) is 3.52. The van der Waals surface area contributed by atoms with Gasteiger partial charge in [-0.2, -0.15) is 0 Å². The standard InChI is InChI=1S/C18H22BrN3O/c1-20-17(21-11-8-14-5-4-12-23-14)22-13-18(9-10-18)15-6-2-3-7-16(15)19/h2-7,12H,8-11,13H2,1H3,(H2,20,21,22). The van der Waals surface area contributed by atoms with E-state index in [1.165, 1.54) is 22.9 Å². The van der Waals surface area contributed by atoms with Crippen LogP contribution in [0.4, 0.5) is 0 Å². The molecule has 4 nitrogen and oxygen atoms in total. The van der Waals surface area contributed by atoms with Crippen molar-refractivity contribution in [3.63, 3.8) is 0 Å². The molecule has 0 unspecified atom stereocenters. The van der Waals surface area contributed by atoms with E-state index in [4.69, 9.17) is 4.42 Å². The van der Waals surface area contributed by atoms with Gasteiger partial charge in [0.25, 0.3) is 0 Å². The van der Waals surface area contributed by atoms with Gasteiger partial charge in [0.15, 0.2) is 5.96 Å². The molecular weight excluding hydrogens is 354 g/mol. The Bertz CT molecular complexity index is 663. The Morgan fingerprint density at radius 2 is 2.04 bits per heavy atom. The number of nitrogens with zero attached hydrogens (tertiary/aromatic N) is 1. The summed E-state index contributed by atoms with van der Waals surface area (Å²) < 4.78 is 6.53. The number of rotatable bonds is 6. The van der Waals surface area contributed by atoms with Crippen molar-refractivity contribution in [3.05, 3.63) is 58.5 Å². The van der Waals surface area contributed by atoms with Crippen molar-refractivity contribution in [2.75, 3.05) is 20.1 Å². The van der Waals surface area contributed by atoms with E-state index in [-0.39, 0.29) is 5.41 Å². The third-order valence-corrected chi connectivity index (χ3v) is 5.05. The van der Waals surface area contributed by atoms with Gasteiger partial charge in [-0.1, -0.05) is 34.1 Å². The fraction of sp³-hybridized carbons (Fsp3) is 0.389. The average Bonchev–Trinajstić information content (AvgIpc) is 3.17. The Kier molecular flexibility index (Phi) is 5.06. The van der Waals surface area contributed by atoms with Gasteiger partial charge in [-0.05, 0) is 36.6 Å². The van der Waals surface area contributed by atoms with Gasteiger partial charge in [0.2, 0.25) is 0 Å². The van der Waals surface area contributed by atoms with Crippen LogP contribution in [0.1, 0.15) is 24.2 Å². The lowest BCUT2D eigenvalue weighted by atomic mass is 9.96. The fourth-order valence-electron chi connectivity index (χ4n) is 2.82. The molecule has 1 heterocycles. The van der Waals surface area contributed by atoms with Crippen LogP contribution in [0.3, 0.4) is 0 Å². The lowest BCUT2D eigenvalue weighted by Crippen LogP contribution is -2.42. The van der Waals surface area contributed by atoms with Gasteiger partial charge in [-0.3, -0.25) is 4.99 Å². The maximum atomic E-state index is 5.34. The molecule has 0 bridgehead atoms. The van der Waals surface area contributed by atoms with E-state index in [2.05, 4.69) is 55.8 Å². The van der Waals surface area contributed by atoms with E-state index in [0.29, 0.717) is 0 Å². The highest BCUT2D eigenvalue weighted by atomic mass is 79.9. The van der Waals surface area contributed by atoms with Crippen LogP contribution in [-0.2, 0) is 11.8 Å². The normalized spacial score (nSPS) is 16.2. The summed E-state index contributed by atoms with van der Waals surface area (Å²) in [7, 11) is 1.81. The number of furan rings is 1. The highest BCUT2D eigenvalue weighted by Crippen LogP contribution is 2.49. The molecule has 0 aliphatic heterocycles. The molecule has 3 rings (SSSR count). The molecule has 1 aliphatic carbocycles. The molecule has 122 valence electrons. The van der Waals surface area contributed by atoms with Crippen molar-refractivity contribution in [3.8, 4) is 0 Å². The average molecular weight is 376 g/mol. The second kappa shape index (κ2) is 7.21. The van der Waals surface area contributed by atoms with Crippen LogP contribution in [0.15, 0.2) is 56.5 Å². The van der Waals surface area contributed by atoms with Crippen molar-refractivity contribution in [2.24, 2.45) is 4.99 Å². The van der Waals surface area contributed by atoms with Crippen molar-refractivity contribution >= 4 is 21.9 Å². The first kappa shape index (κ1) is 16.1. The van der Waals surface area contributed by atoms with Crippen LogP contribution < -0.4 is 10.6 Å². The Hall–Kier alpha value is -1.75. The number of guanidine groups is 1. The summed E-state index contributed by atoms with van der Waals surface area (Å²) >= 11 is 3.68. The second-order valence-corrected chi connectivity index (χ2v) is 6.80. The number of hydrogen-bond acceptors (Lipinski definition) is 2. The molecule has 1 aromatic heterocycles. The molecule has 5 heteroatoms. The largest absolute Gasteiger partial charge is 0.469 e. The van der Waals surface area contributed by atoms with Crippen molar-refractivity contribution in [2.45, 2.75) is 24.7 Å². The lowest BCUT2D eigenvalue weighted by molar-refractivity contribution is 0.506. The van der Waals surface area contributed by atoms with E-state index in [0.717, 1.165) is 31.2 Å². The maximum absolute atomic E-state index is 5.34. The molecule has 0 atom stereocenters. The van der Waals surface area contributed by atoms with Crippen molar-refractivity contribution < 1.29 is 4.42 Å². The maximum Gasteiger partial charge on any atom is 0.191 e. The zero-order chi connectivity index (χ0) is 16.1.